The Morgan fingerprint density at radius 3 is 2.39 bits per heavy atom. The number of carbonyl (C=O) groups excluding carboxylic acids is 1. The van der Waals surface area contributed by atoms with Gasteiger partial charge in [0, 0.05) is 10.6 Å². The maximum atomic E-state index is 12.4. The Bertz CT molecular complexity index is 1070. The molecule has 1 amide bonds. The molecule has 1 aromatic heterocycles. The molecular formula is C19H16Cl2N2O3S2. The van der Waals surface area contributed by atoms with Crippen molar-refractivity contribution >= 4 is 56.2 Å². The van der Waals surface area contributed by atoms with E-state index in [9.17, 15) is 13.2 Å². The smallest absolute Gasteiger partial charge is 0.261 e. The van der Waals surface area contributed by atoms with Gasteiger partial charge in [0.15, 0.2) is 0 Å². The molecule has 2 N–H and O–H groups in total. The van der Waals surface area contributed by atoms with Crippen LogP contribution >= 0.6 is 34.5 Å². The van der Waals surface area contributed by atoms with E-state index in [0.29, 0.717) is 12.2 Å². The first-order valence-electron chi connectivity index (χ1n) is 8.19. The van der Waals surface area contributed by atoms with Gasteiger partial charge in [-0.2, -0.15) is 0 Å². The minimum Gasteiger partial charge on any atom is -0.351 e. The Labute approximate surface area is 177 Å². The summed E-state index contributed by atoms with van der Waals surface area (Å²) in [6, 6.07) is 14.6. The molecule has 0 aliphatic heterocycles. The number of sulfonamides is 1. The summed E-state index contributed by atoms with van der Waals surface area (Å²) in [6.07, 6.45) is 0.213. The van der Waals surface area contributed by atoms with Gasteiger partial charge in [-0.05, 0) is 47.3 Å². The molecule has 3 aromatic rings. The molecule has 0 radical (unpaired) electrons. The summed E-state index contributed by atoms with van der Waals surface area (Å²) >= 11 is 13.3. The summed E-state index contributed by atoms with van der Waals surface area (Å²) in [5, 5.41) is 5.25. The van der Waals surface area contributed by atoms with E-state index in [1.165, 1.54) is 18.2 Å². The van der Waals surface area contributed by atoms with Gasteiger partial charge in [-0.25, -0.2) is 8.42 Å². The second-order valence-electron chi connectivity index (χ2n) is 5.91. The van der Waals surface area contributed by atoms with Crippen LogP contribution in [0.25, 0.3) is 0 Å². The normalized spacial score (nSPS) is 11.2. The zero-order chi connectivity index (χ0) is 20.1. The van der Waals surface area contributed by atoms with E-state index in [1.807, 2.05) is 17.5 Å². The lowest BCUT2D eigenvalue weighted by Gasteiger charge is -2.10. The number of thiophene rings is 1. The molecule has 9 heteroatoms. The molecule has 0 bridgehead atoms. The van der Waals surface area contributed by atoms with Crippen LogP contribution in [0.3, 0.4) is 0 Å². The highest BCUT2D eigenvalue weighted by molar-refractivity contribution is 7.92. The van der Waals surface area contributed by atoms with Crippen LogP contribution in [0.1, 0.15) is 10.4 Å². The standard InChI is InChI=1S/C19H16Cl2N2O3S2/c20-17-8-7-16(11-18(17)21)28(25,26)23-14-5-3-13(4-6-14)10-19(24)22-12-15-2-1-9-27-15/h1-9,11,23H,10,12H2,(H,22,24). The molecule has 0 aliphatic carbocycles. The summed E-state index contributed by atoms with van der Waals surface area (Å²) in [5.41, 5.74) is 1.16. The largest absolute Gasteiger partial charge is 0.351 e. The molecule has 146 valence electrons. The first-order chi connectivity index (χ1) is 13.3. The van der Waals surface area contributed by atoms with Crippen LogP contribution in [-0.4, -0.2) is 14.3 Å². The number of anilines is 1. The Hall–Kier alpha value is -2.06. The lowest BCUT2D eigenvalue weighted by atomic mass is 10.1. The Morgan fingerprint density at radius 2 is 1.75 bits per heavy atom. The van der Waals surface area contributed by atoms with E-state index < -0.39 is 10.0 Å². The quantitative estimate of drug-likeness (QED) is 0.542. The Morgan fingerprint density at radius 1 is 1.00 bits per heavy atom. The number of halogens is 2. The third kappa shape index (κ3) is 5.48. The van der Waals surface area contributed by atoms with Crippen LogP contribution in [0.5, 0.6) is 0 Å². The van der Waals surface area contributed by atoms with Crippen LogP contribution < -0.4 is 10.0 Å². The molecule has 0 fully saturated rings. The van der Waals surface area contributed by atoms with Gasteiger partial charge in [0.1, 0.15) is 0 Å². The molecular weight excluding hydrogens is 439 g/mol. The maximum absolute atomic E-state index is 12.4. The first kappa shape index (κ1) is 20.7. The van der Waals surface area contributed by atoms with E-state index in [0.717, 1.165) is 10.4 Å². The minimum atomic E-state index is -3.79. The monoisotopic (exact) mass is 454 g/mol. The Balaban J connectivity index is 1.60. The topological polar surface area (TPSA) is 75.3 Å². The number of carbonyl (C=O) groups is 1. The molecule has 0 saturated heterocycles. The van der Waals surface area contributed by atoms with Gasteiger partial charge < -0.3 is 5.32 Å². The molecule has 0 spiro atoms. The fourth-order valence-corrected chi connectivity index (χ4v) is 4.49. The fraction of sp³-hybridized carbons (Fsp3) is 0.105. The van der Waals surface area contributed by atoms with Gasteiger partial charge in [0.2, 0.25) is 5.91 Å². The minimum absolute atomic E-state index is 0.0129. The van der Waals surface area contributed by atoms with Crippen LogP contribution in [0.2, 0.25) is 10.0 Å². The Kier molecular flexibility index (Phi) is 6.61. The molecule has 0 saturated carbocycles. The number of amides is 1. The van der Waals surface area contributed by atoms with Crippen molar-refractivity contribution in [1.29, 1.82) is 0 Å². The van der Waals surface area contributed by atoms with Crippen LogP contribution in [-0.2, 0) is 27.8 Å². The van der Waals surface area contributed by atoms with Gasteiger partial charge in [-0.1, -0.05) is 41.4 Å². The van der Waals surface area contributed by atoms with Crippen molar-refractivity contribution in [2.45, 2.75) is 17.9 Å². The van der Waals surface area contributed by atoms with E-state index in [-0.39, 0.29) is 27.3 Å². The highest BCUT2D eigenvalue weighted by Gasteiger charge is 2.16. The summed E-state index contributed by atoms with van der Waals surface area (Å²) < 4.78 is 27.4. The third-order valence-corrected chi connectivity index (χ3v) is 6.81. The summed E-state index contributed by atoms with van der Waals surface area (Å²) in [4.78, 5) is 13.1. The molecule has 3 rings (SSSR count). The van der Waals surface area contributed by atoms with E-state index in [1.54, 1.807) is 35.6 Å². The predicted molar refractivity (Wildman–Crippen MR) is 114 cm³/mol. The first-order valence-corrected chi connectivity index (χ1v) is 11.3. The molecule has 28 heavy (non-hydrogen) atoms. The van der Waals surface area contributed by atoms with Crippen molar-refractivity contribution in [2.24, 2.45) is 0 Å². The SMILES string of the molecule is O=C(Cc1ccc(NS(=O)(=O)c2ccc(Cl)c(Cl)c2)cc1)NCc1cccs1. The van der Waals surface area contributed by atoms with Gasteiger partial charge in [-0.15, -0.1) is 11.3 Å². The van der Waals surface area contributed by atoms with Crippen molar-refractivity contribution in [3.05, 3.63) is 80.5 Å². The van der Waals surface area contributed by atoms with Crippen molar-refractivity contribution in [2.75, 3.05) is 4.72 Å². The summed E-state index contributed by atoms with van der Waals surface area (Å²) in [5.74, 6) is -0.0995. The van der Waals surface area contributed by atoms with Gasteiger partial charge in [-0.3, -0.25) is 9.52 Å². The van der Waals surface area contributed by atoms with Gasteiger partial charge in [0.25, 0.3) is 10.0 Å². The second-order valence-corrected chi connectivity index (χ2v) is 9.44. The van der Waals surface area contributed by atoms with Crippen LogP contribution in [0, 0.1) is 0 Å². The molecule has 0 aliphatic rings. The van der Waals surface area contributed by atoms with Crippen LogP contribution in [0.4, 0.5) is 5.69 Å². The molecule has 5 nitrogen and oxygen atoms in total. The second kappa shape index (κ2) is 8.96. The van der Waals surface area contributed by atoms with Gasteiger partial charge >= 0.3 is 0 Å². The number of nitrogens with one attached hydrogen (secondary N) is 2. The molecule has 1 heterocycles. The maximum Gasteiger partial charge on any atom is 0.261 e. The lowest BCUT2D eigenvalue weighted by molar-refractivity contribution is -0.120. The average molecular weight is 455 g/mol. The number of hydrogen-bond donors (Lipinski definition) is 2. The van der Waals surface area contributed by atoms with E-state index in [2.05, 4.69) is 10.0 Å². The van der Waals surface area contributed by atoms with Crippen molar-refractivity contribution in [3.63, 3.8) is 0 Å². The third-order valence-electron chi connectivity index (χ3n) is 3.81. The average Bonchev–Trinajstić information content (AvgIpc) is 3.17. The number of hydrogen-bond acceptors (Lipinski definition) is 4. The number of rotatable bonds is 7. The molecule has 0 unspecified atom stereocenters. The zero-order valence-corrected chi connectivity index (χ0v) is 17.6. The molecule has 0 atom stereocenters. The summed E-state index contributed by atoms with van der Waals surface area (Å²) in [7, 11) is -3.79. The lowest BCUT2D eigenvalue weighted by Crippen LogP contribution is -2.24. The fourth-order valence-electron chi connectivity index (χ4n) is 2.40. The predicted octanol–water partition coefficient (Wildman–Crippen LogP) is 4.71. The highest BCUT2D eigenvalue weighted by Crippen LogP contribution is 2.26. The zero-order valence-electron chi connectivity index (χ0n) is 14.5. The molecule has 2 aromatic carbocycles. The number of benzene rings is 2. The van der Waals surface area contributed by atoms with Crippen molar-refractivity contribution in [3.8, 4) is 0 Å². The summed E-state index contributed by atoms with van der Waals surface area (Å²) in [6.45, 7) is 0.498. The van der Waals surface area contributed by atoms with Crippen molar-refractivity contribution in [1.82, 2.24) is 5.32 Å². The van der Waals surface area contributed by atoms with Crippen LogP contribution in [0.15, 0.2) is 64.9 Å². The van der Waals surface area contributed by atoms with E-state index >= 15 is 0 Å². The van der Waals surface area contributed by atoms with E-state index in [4.69, 9.17) is 23.2 Å². The van der Waals surface area contributed by atoms with Crippen molar-refractivity contribution < 1.29 is 13.2 Å². The highest BCUT2D eigenvalue weighted by atomic mass is 35.5. The van der Waals surface area contributed by atoms with Gasteiger partial charge in [0.05, 0.1) is 27.9 Å².